The van der Waals surface area contributed by atoms with Crippen molar-refractivity contribution in [2.24, 2.45) is 0 Å². The van der Waals surface area contributed by atoms with Gasteiger partial charge < -0.3 is 4.74 Å². The second-order valence-corrected chi connectivity index (χ2v) is 6.45. The first-order chi connectivity index (χ1) is 9.92. The van der Waals surface area contributed by atoms with Crippen LogP contribution in [0.15, 0.2) is 47.4 Å². The second kappa shape index (κ2) is 6.43. The summed E-state index contributed by atoms with van der Waals surface area (Å²) in [6, 6.07) is 10.2. The molecule has 1 N–H and O–H groups in total. The molecular formula is C14H13ClFNO3S. The van der Waals surface area contributed by atoms with Crippen molar-refractivity contribution in [2.75, 3.05) is 7.11 Å². The number of sulfonamides is 1. The van der Waals surface area contributed by atoms with Crippen molar-refractivity contribution in [1.82, 2.24) is 4.72 Å². The molecule has 2 rings (SSSR count). The van der Waals surface area contributed by atoms with Gasteiger partial charge in [-0.25, -0.2) is 17.5 Å². The molecule has 0 aliphatic carbocycles. The summed E-state index contributed by atoms with van der Waals surface area (Å²) in [5.74, 6) is -0.737. The molecule has 0 aliphatic heterocycles. The van der Waals surface area contributed by atoms with Crippen LogP contribution in [0.3, 0.4) is 0 Å². The molecule has 21 heavy (non-hydrogen) atoms. The molecule has 4 nitrogen and oxygen atoms in total. The standard InChI is InChI=1S/C14H13ClFNO3S/c1-20-14-8-12(6-7-13(14)16)21(18,19)17-9-10-2-4-11(15)5-3-10/h2-8,17H,9H2,1H3. The van der Waals surface area contributed by atoms with Crippen molar-refractivity contribution in [3.63, 3.8) is 0 Å². The molecule has 0 fully saturated rings. The van der Waals surface area contributed by atoms with Crippen LogP contribution in [0.4, 0.5) is 4.39 Å². The Hall–Kier alpha value is -1.63. The second-order valence-electron chi connectivity index (χ2n) is 4.25. The SMILES string of the molecule is COc1cc(S(=O)(=O)NCc2ccc(Cl)cc2)ccc1F. The van der Waals surface area contributed by atoms with E-state index in [2.05, 4.69) is 4.72 Å². The first-order valence-electron chi connectivity index (χ1n) is 6.00. The average Bonchev–Trinajstić information content (AvgIpc) is 2.47. The molecule has 0 saturated heterocycles. The lowest BCUT2D eigenvalue weighted by molar-refractivity contribution is 0.385. The van der Waals surface area contributed by atoms with Crippen molar-refractivity contribution >= 4 is 21.6 Å². The maximum atomic E-state index is 13.3. The minimum absolute atomic E-state index is 0.0605. The van der Waals surface area contributed by atoms with E-state index >= 15 is 0 Å². The van der Waals surface area contributed by atoms with Gasteiger partial charge in [-0.15, -0.1) is 0 Å². The summed E-state index contributed by atoms with van der Waals surface area (Å²) in [5.41, 5.74) is 0.761. The van der Waals surface area contributed by atoms with Crippen molar-refractivity contribution in [1.29, 1.82) is 0 Å². The molecule has 0 aliphatic rings. The maximum absolute atomic E-state index is 13.3. The number of hydrogen-bond donors (Lipinski definition) is 1. The van der Waals surface area contributed by atoms with Crippen molar-refractivity contribution in [2.45, 2.75) is 11.4 Å². The molecule has 0 aromatic heterocycles. The number of nitrogens with one attached hydrogen (secondary N) is 1. The van der Waals surface area contributed by atoms with Crippen LogP contribution in [0.5, 0.6) is 5.75 Å². The van der Waals surface area contributed by atoms with Gasteiger partial charge in [0.15, 0.2) is 11.6 Å². The number of methoxy groups -OCH3 is 1. The third-order valence-corrected chi connectivity index (χ3v) is 4.46. The molecule has 0 amide bonds. The van der Waals surface area contributed by atoms with Gasteiger partial charge >= 0.3 is 0 Å². The summed E-state index contributed by atoms with van der Waals surface area (Å²) in [7, 11) is -2.47. The predicted octanol–water partition coefficient (Wildman–Crippen LogP) is 2.97. The zero-order valence-electron chi connectivity index (χ0n) is 11.1. The zero-order chi connectivity index (χ0) is 15.5. The Bertz CT molecular complexity index is 732. The van der Waals surface area contributed by atoms with E-state index in [-0.39, 0.29) is 17.2 Å². The minimum atomic E-state index is -3.75. The molecule has 0 saturated carbocycles. The number of ether oxygens (including phenoxy) is 1. The average molecular weight is 330 g/mol. The fourth-order valence-electron chi connectivity index (χ4n) is 1.67. The Morgan fingerprint density at radius 2 is 1.86 bits per heavy atom. The van der Waals surface area contributed by atoms with Crippen LogP contribution >= 0.6 is 11.6 Å². The topological polar surface area (TPSA) is 55.4 Å². The van der Waals surface area contributed by atoms with Crippen molar-refractivity contribution in [3.05, 3.63) is 58.9 Å². The molecule has 2 aromatic carbocycles. The van der Waals surface area contributed by atoms with Gasteiger partial charge in [0.2, 0.25) is 10.0 Å². The molecule has 0 unspecified atom stereocenters. The summed E-state index contributed by atoms with van der Waals surface area (Å²) in [6.45, 7) is 0.110. The molecule has 0 spiro atoms. The Balaban J connectivity index is 2.16. The van der Waals surface area contributed by atoms with Gasteiger partial charge in [0.05, 0.1) is 12.0 Å². The Morgan fingerprint density at radius 1 is 1.19 bits per heavy atom. The summed E-state index contributed by atoms with van der Waals surface area (Å²) in [6.07, 6.45) is 0. The largest absolute Gasteiger partial charge is 0.494 e. The van der Waals surface area contributed by atoms with E-state index in [0.29, 0.717) is 5.02 Å². The van der Waals surface area contributed by atoms with E-state index in [1.807, 2.05) is 0 Å². The van der Waals surface area contributed by atoms with Crippen LogP contribution in [0.1, 0.15) is 5.56 Å². The quantitative estimate of drug-likeness (QED) is 0.917. The maximum Gasteiger partial charge on any atom is 0.241 e. The van der Waals surface area contributed by atoms with E-state index < -0.39 is 15.8 Å². The third kappa shape index (κ3) is 3.93. The minimum Gasteiger partial charge on any atom is -0.494 e. The Labute approximate surface area is 127 Å². The van der Waals surface area contributed by atoms with Crippen molar-refractivity contribution < 1.29 is 17.5 Å². The summed E-state index contributed by atoms with van der Waals surface area (Å²) >= 11 is 5.76. The highest BCUT2D eigenvalue weighted by molar-refractivity contribution is 7.89. The van der Waals surface area contributed by atoms with Gasteiger partial charge in [0, 0.05) is 17.6 Å². The first-order valence-corrected chi connectivity index (χ1v) is 7.86. The van der Waals surface area contributed by atoms with Crippen LogP contribution in [0.25, 0.3) is 0 Å². The monoisotopic (exact) mass is 329 g/mol. The smallest absolute Gasteiger partial charge is 0.241 e. The molecular weight excluding hydrogens is 317 g/mol. The van der Waals surface area contributed by atoms with Crippen molar-refractivity contribution in [3.8, 4) is 5.75 Å². The van der Waals surface area contributed by atoms with E-state index in [4.69, 9.17) is 16.3 Å². The predicted molar refractivity (Wildman–Crippen MR) is 78.4 cm³/mol. The van der Waals surface area contributed by atoms with Crippen LogP contribution < -0.4 is 9.46 Å². The van der Waals surface area contributed by atoms with E-state index in [1.54, 1.807) is 24.3 Å². The Morgan fingerprint density at radius 3 is 2.48 bits per heavy atom. The molecule has 7 heteroatoms. The molecule has 0 heterocycles. The number of rotatable bonds is 5. The van der Waals surface area contributed by atoms with Gasteiger partial charge in [0.25, 0.3) is 0 Å². The highest BCUT2D eigenvalue weighted by atomic mass is 35.5. The zero-order valence-corrected chi connectivity index (χ0v) is 12.7. The molecule has 0 atom stereocenters. The van der Waals surface area contributed by atoms with E-state index in [1.165, 1.54) is 13.2 Å². The first kappa shape index (κ1) is 15.8. The van der Waals surface area contributed by atoms with Crippen LogP contribution in [0.2, 0.25) is 5.02 Å². The lowest BCUT2D eigenvalue weighted by atomic mass is 10.2. The van der Waals surface area contributed by atoms with Gasteiger partial charge in [-0.1, -0.05) is 23.7 Å². The molecule has 112 valence electrons. The number of hydrogen-bond acceptors (Lipinski definition) is 3. The van der Waals surface area contributed by atoms with Gasteiger partial charge in [-0.05, 0) is 29.8 Å². The van der Waals surface area contributed by atoms with E-state index in [0.717, 1.165) is 17.7 Å². The number of benzene rings is 2. The normalized spacial score (nSPS) is 11.4. The van der Waals surface area contributed by atoms with Gasteiger partial charge in [0.1, 0.15) is 0 Å². The van der Waals surface area contributed by atoms with Crippen LogP contribution in [-0.4, -0.2) is 15.5 Å². The fourth-order valence-corrected chi connectivity index (χ4v) is 2.83. The highest BCUT2D eigenvalue weighted by Crippen LogP contribution is 2.21. The Kier molecular flexibility index (Phi) is 4.82. The van der Waals surface area contributed by atoms with Crippen LogP contribution in [-0.2, 0) is 16.6 Å². The summed E-state index contributed by atoms with van der Waals surface area (Å²) in [5, 5.41) is 0.574. The fraction of sp³-hybridized carbons (Fsp3) is 0.143. The molecule has 0 radical (unpaired) electrons. The third-order valence-electron chi connectivity index (χ3n) is 2.81. The lowest BCUT2D eigenvalue weighted by Crippen LogP contribution is -2.23. The lowest BCUT2D eigenvalue weighted by Gasteiger charge is -2.09. The molecule has 0 bridgehead atoms. The highest BCUT2D eigenvalue weighted by Gasteiger charge is 2.16. The summed E-state index contributed by atoms with van der Waals surface area (Å²) < 4.78 is 44.8. The van der Waals surface area contributed by atoms with E-state index in [9.17, 15) is 12.8 Å². The van der Waals surface area contributed by atoms with Crippen LogP contribution in [0, 0.1) is 5.82 Å². The van der Waals surface area contributed by atoms with Gasteiger partial charge in [-0.3, -0.25) is 0 Å². The number of halogens is 2. The van der Waals surface area contributed by atoms with Gasteiger partial charge in [-0.2, -0.15) is 0 Å². The summed E-state index contributed by atoms with van der Waals surface area (Å²) in [4.78, 5) is -0.0605. The molecule has 2 aromatic rings.